The van der Waals surface area contributed by atoms with Gasteiger partial charge in [-0.05, 0) is 24.6 Å². The number of aromatic hydroxyl groups is 1. The SMILES string of the molecule is [B]Cc1ccc(O)cc1C(=O)OCC. The van der Waals surface area contributed by atoms with Crippen molar-refractivity contribution in [2.24, 2.45) is 0 Å². The summed E-state index contributed by atoms with van der Waals surface area (Å²) in [5.41, 5.74) is 0.996. The van der Waals surface area contributed by atoms with Crippen molar-refractivity contribution in [2.45, 2.75) is 13.2 Å². The van der Waals surface area contributed by atoms with Crippen LogP contribution < -0.4 is 0 Å². The van der Waals surface area contributed by atoms with Gasteiger partial charge in [0.25, 0.3) is 0 Å². The number of esters is 1. The van der Waals surface area contributed by atoms with E-state index in [0.717, 1.165) is 0 Å². The molecule has 1 N–H and O–H groups in total. The zero-order valence-corrected chi connectivity index (χ0v) is 7.99. The second-order valence-corrected chi connectivity index (χ2v) is 2.77. The highest BCUT2D eigenvalue weighted by Gasteiger charge is 2.11. The molecule has 0 aliphatic rings. The monoisotopic (exact) mass is 190 g/mol. The maximum absolute atomic E-state index is 11.4. The highest BCUT2D eigenvalue weighted by Crippen LogP contribution is 2.17. The molecule has 1 aromatic carbocycles. The van der Waals surface area contributed by atoms with E-state index in [-0.39, 0.29) is 12.1 Å². The topological polar surface area (TPSA) is 46.5 Å². The van der Waals surface area contributed by atoms with Gasteiger partial charge in [0.1, 0.15) is 5.75 Å². The normalized spacial score (nSPS) is 9.79. The van der Waals surface area contributed by atoms with E-state index < -0.39 is 5.97 Å². The largest absolute Gasteiger partial charge is 0.508 e. The summed E-state index contributed by atoms with van der Waals surface area (Å²) in [5, 5.41) is 9.20. The fraction of sp³-hybridized carbons (Fsp3) is 0.300. The maximum atomic E-state index is 11.4. The van der Waals surface area contributed by atoms with Gasteiger partial charge >= 0.3 is 5.97 Å². The highest BCUT2D eigenvalue weighted by atomic mass is 16.5. The van der Waals surface area contributed by atoms with E-state index in [1.54, 1.807) is 13.0 Å². The van der Waals surface area contributed by atoms with Crippen LogP contribution in [-0.4, -0.2) is 25.5 Å². The molecule has 0 fully saturated rings. The van der Waals surface area contributed by atoms with Gasteiger partial charge in [0, 0.05) is 0 Å². The minimum atomic E-state index is -0.455. The van der Waals surface area contributed by atoms with Crippen molar-refractivity contribution in [3.05, 3.63) is 29.3 Å². The van der Waals surface area contributed by atoms with E-state index in [1.807, 2.05) is 0 Å². The molecule has 0 amide bonds. The maximum Gasteiger partial charge on any atom is 0.338 e. The lowest BCUT2D eigenvalue weighted by molar-refractivity contribution is 0.0525. The minimum absolute atomic E-state index is 0.0326. The van der Waals surface area contributed by atoms with Gasteiger partial charge in [-0.25, -0.2) is 4.79 Å². The predicted molar refractivity (Wildman–Crippen MR) is 53.5 cm³/mol. The number of benzene rings is 1. The first-order valence-corrected chi connectivity index (χ1v) is 4.38. The van der Waals surface area contributed by atoms with E-state index in [9.17, 15) is 9.90 Å². The van der Waals surface area contributed by atoms with Crippen LogP contribution in [-0.2, 0) is 11.1 Å². The molecule has 3 nitrogen and oxygen atoms in total. The van der Waals surface area contributed by atoms with Crippen LogP contribution in [0.25, 0.3) is 0 Å². The molecule has 0 atom stereocenters. The molecular weight excluding hydrogens is 179 g/mol. The lowest BCUT2D eigenvalue weighted by atomic mass is 9.93. The van der Waals surface area contributed by atoms with Crippen molar-refractivity contribution >= 4 is 13.8 Å². The van der Waals surface area contributed by atoms with Crippen LogP contribution >= 0.6 is 0 Å². The van der Waals surface area contributed by atoms with Gasteiger partial charge in [-0.2, -0.15) is 0 Å². The van der Waals surface area contributed by atoms with Crippen molar-refractivity contribution in [3.63, 3.8) is 0 Å². The molecule has 1 rings (SSSR count). The van der Waals surface area contributed by atoms with E-state index in [4.69, 9.17) is 12.6 Å². The Bertz CT molecular complexity index is 336. The van der Waals surface area contributed by atoms with Gasteiger partial charge in [0.15, 0.2) is 0 Å². The third-order valence-electron chi connectivity index (χ3n) is 1.81. The average molecular weight is 190 g/mol. The quantitative estimate of drug-likeness (QED) is 0.576. The molecule has 2 radical (unpaired) electrons. The van der Waals surface area contributed by atoms with Crippen LogP contribution in [0.2, 0.25) is 0 Å². The minimum Gasteiger partial charge on any atom is -0.508 e. The van der Waals surface area contributed by atoms with Gasteiger partial charge in [0.05, 0.1) is 20.0 Å². The molecule has 0 aliphatic heterocycles. The summed E-state index contributed by atoms with van der Waals surface area (Å²) in [4.78, 5) is 11.4. The zero-order valence-electron chi connectivity index (χ0n) is 7.99. The Morgan fingerprint density at radius 3 is 2.86 bits per heavy atom. The van der Waals surface area contributed by atoms with Crippen molar-refractivity contribution in [3.8, 4) is 5.75 Å². The number of carbonyl (C=O) groups excluding carboxylic acids is 1. The fourth-order valence-electron chi connectivity index (χ4n) is 1.14. The molecule has 0 unspecified atom stereocenters. The number of ether oxygens (including phenoxy) is 1. The molecule has 0 spiro atoms. The molecule has 0 bridgehead atoms. The summed E-state index contributed by atoms with van der Waals surface area (Å²) in [6.45, 7) is 2.03. The number of hydrogen-bond acceptors (Lipinski definition) is 3. The standard InChI is InChI=1S/C10H11BO3/c1-2-14-10(13)9-5-8(12)4-3-7(9)6-11/h3-5,12H,2,6H2,1H3. The summed E-state index contributed by atoms with van der Waals surface area (Å²) >= 11 is 0. The Hall–Kier alpha value is -1.45. The Kier molecular flexibility index (Phi) is 3.57. The fourth-order valence-corrected chi connectivity index (χ4v) is 1.14. The molecule has 4 heteroatoms. The molecular formula is C10H11BO3. The second kappa shape index (κ2) is 4.70. The summed E-state index contributed by atoms with van der Waals surface area (Å²) < 4.78 is 4.82. The molecule has 72 valence electrons. The summed E-state index contributed by atoms with van der Waals surface area (Å²) in [6.07, 6.45) is 0.244. The third kappa shape index (κ3) is 2.28. The van der Waals surface area contributed by atoms with Crippen LogP contribution in [0.4, 0.5) is 0 Å². The van der Waals surface area contributed by atoms with Crippen LogP contribution in [0, 0.1) is 0 Å². The van der Waals surface area contributed by atoms with E-state index >= 15 is 0 Å². The van der Waals surface area contributed by atoms with Crippen molar-refractivity contribution in [1.29, 1.82) is 0 Å². The lowest BCUT2D eigenvalue weighted by Gasteiger charge is -2.07. The van der Waals surface area contributed by atoms with Crippen LogP contribution in [0.1, 0.15) is 22.8 Å². The van der Waals surface area contributed by atoms with Crippen molar-refractivity contribution in [1.82, 2.24) is 0 Å². The first kappa shape index (κ1) is 10.6. The number of rotatable bonds is 3. The van der Waals surface area contributed by atoms with Gasteiger partial charge in [0.2, 0.25) is 0 Å². The van der Waals surface area contributed by atoms with E-state index in [2.05, 4.69) is 0 Å². The number of phenols is 1. The average Bonchev–Trinajstić information content (AvgIpc) is 2.18. The summed E-state index contributed by atoms with van der Waals surface area (Å²) in [5.74, 6) is -0.422. The Morgan fingerprint density at radius 1 is 1.57 bits per heavy atom. The third-order valence-corrected chi connectivity index (χ3v) is 1.81. The van der Waals surface area contributed by atoms with Crippen LogP contribution in [0.15, 0.2) is 18.2 Å². The van der Waals surface area contributed by atoms with Crippen molar-refractivity contribution < 1.29 is 14.6 Å². The van der Waals surface area contributed by atoms with Crippen molar-refractivity contribution in [2.75, 3.05) is 6.61 Å². The molecule has 0 aromatic heterocycles. The molecule has 1 aromatic rings. The second-order valence-electron chi connectivity index (χ2n) is 2.77. The van der Waals surface area contributed by atoms with E-state index in [1.165, 1.54) is 12.1 Å². The number of hydrogen-bond donors (Lipinski definition) is 1. The zero-order chi connectivity index (χ0) is 10.6. The Balaban J connectivity index is 3.03. The molecule has 14 heavy (non-hydrogen) atoms. The molecule has 0 heterocycles. The number of phenolic OH excluding ortho intramolecular Hbond substituents is 1. The summed E-state index contributed by atoms with van der Waals surface area (Å²) in [6, 6.07) is 4.46. The lowest BCUT2D eigenvalue weighted by Crippen LogP contribution is -2.08. The Labute approximate surface area is 84.1 Å². The van der Waals surface area contributed by atoms with Gasteiger partial charge in [-0.1, -0.05) is 12.4 Å². The van der Waals surface area contributed by atoms with E-state index in [0.29, 0.717) is 17.7 Å². The first-order valence-electron chi connectivity index (χ1n) is 4.38. The number of carbonyl (C=O) groups is 1. The van der Waals surface area contributed by atoms with Gasteiger partial charge in [-0.3, -0.25) is 0 Å². The van der Waals surface area contributed by atoms with Gasteiger partial charge in [-0.15, -0.1) is 0 Å². The Morgan fingerprint density at radius 2 is 2.29 bits per heavy atom. The highest BCUT2D eigenvalue weighted by molar-refractivity contribution is 6.09. The van der Waals surface area contributed by atoms with Crippen LogP contribution in [0.5, 0.6) is 5.75 Å². The van der Waals surface area contributed by atoms with Crippen LogP contribution in [0.3, 0.4) is 0 Å². The summed E-state index contributed by atoms with van der Waals surface area (Å²) in [7, 11) is 5.45. The smallest absolute Gasteiger partial charge is 0.338 e. The predicted octanol–water partition coefficient (Wildman–Crippen LogP) is 1.24. The first-order chi connectivity index (χ1) is 6.69. The molecule has 0 saturated heterocycles. The van der Waals surface area contributed by atoms with Gasteiger partial charge < -0.3 is 9.84 Å². The molecule has 0 saturated carbocycles. The molecule has 0 aliphatic carbocycles.